The Balaban J connectivity index is 2.17. The lowest BCUT2D eigenvalue weighted by atomic mass is 10.2. The van der Waals surface area contributed by atoms with Gasteiger partial charge in [0.1, 0.15) is 4.88 Å². The van der Waals surface area contributed by atoms with Gasteiger partial charge in [0.05, 0.1) is 7.11 Å². The quantitative estimate of drug-likeness (QED) is 0.680. The minimum absolute atomic E-state index is 0.118. The van der Waals surface area contributed by atoms with E-state index in [1.165, 1.54) is 25.4 Å². The summed E-state index contributed by atoms with van der Waals surface area (Å²) in [6.07, 6.45) is 2.15. The van der Waals surface area contributed by atoms with Crippen molar-refractivity contribution in [3.05, 3.63) is 10.6 Å². The van der Waals surface area contributed by atoms with Crippen LogP contribution in [0.4, 0.5) is 5.13 Å². The zero-order valence-electron chi connectivity index (χ0n) is 10.9. The molecule has 0 saturated carbocycles. The van der Waals surface area contributed by atoms with E-state index in [2.05, 4.69) is 15.0 Å². The van der Waals surface area contributed by atoms with E-state index in [1.54, 1.807) is 0 Å². The third kappa shape index (κ3) is 3.48. The Morgan fingerprint density at radius 2 is 2.05 bits per heavy atom. The third-order valence-corrected chi connectivity index (χ3v) is 5.01. The lowest BCUT2D eigenvalue weighted by Crippen LogP contribution is -2.24. The number of methoxy groups -OCH3 is 1. The largest absolute Gasteiger partial charge is 0.464 e. The summed E-state index contributed by atoms with van der Waals surface area (Å²) in [5.41, 5.74) is 0.118. The maximum absolute atomic E-state index is 11.6. The summed E-state index contributed by atoms with van der Waals surface area (Å²) in [5, 5.41) is 3.94. The number of carbonyl (C=O) groups is 2. The summed E-state index contributed by atoms with van der Waals surface area (Å²) < 4.78 is 4.65. The smallest absolute Gasteiger partial charge is 0.358 e. The van der Waals surface area contributed by atoms with Crippen molar-refractivity contribution < 1.29 is 14.3 Å². The molecule has 0 atom stereocenters. The van der Waals surface area contributed by atoms with Crippen LogP contribution in [-0.4, -0.2) is 41.4 Å². The number of thiazole rings is 1. The number of anilines is 1. The van der Waals surface area contributed by atoms with Crippen molar-refractivity contribution in [2.75, 3.05) is 23.9 Å². The highest BCUT2D eigenvalue weighted by atomic mass is 32.2. The Bertz CT molecular complexity index is 481. The number of Topliss-reactive ketones (excluding diaryl/α,β-unsaturated/α-hetero) is 1. The van der Waals surface area contributed by atoms with Gasteiger partial charge in [-0.1, -0.05) is 11.3 Å². The molecular formula is C12H16N2O3S2. The highest BCUT2D eigenvalue weighted by Crippen LogP contribution is 2.27. The van der Waals surface area contributed by atoms with Gasteiger partial charge in [-0.05, 0) is 24.3 Å². The minimum atomic E-state index is -0.561. The van der Waals surface area contributed by atoms with Gasteiger partial charge in [0.25, 0.3) is 0 Å². The molecule has 0 radical (unpaired) electrons. The molecule has 1 aromatic heterocycles. The summed E-state index contributed by atoms with van der Waals surface area (Å²) in [7, 11) is 1.29. The second-order valence-electron chi connectivity index (χ2n) is 4.28. The summed E-state index contributed by atoms with van der Waals surface area (Å²) in [6, 6.07) is 0.373. The van der Waals surface area contributed by atoms with Crippen LogP contribution in [0.25, 0.3) is 0 Å². The summed E-state index contributed by atoms with van der Waals surface area (Å²) in [5.74, 6) is 1.54. The van der Waals surface area contributed by atoms with Gasteiger partial charge in [-0.2, -0.15) is 11.8 Å². The van der Waals surface area contributed by atoms with E-state index in [9.17, 15) is 9.59 Å². The minimum Gasteiger partial charge on any atom is -0.464 e. The normalized spacial score (nSPS) is 16.1. The summed E-state index contributed by atoms with van der Waals surface area (Å²) >= 11 is 3.17. The number of esters is 1. The SMILES string of the molecule is COC(=O)c1nc(NC2CCSCC2)sc1C(C)=O. The lowest BCUT2D eigenvalue weighted by Gasteiger charge is -2.21. The molecule has 0 amide bonds. The van der Waals surface area contributed by atoms with Gasteiger partial charge in [-0.3, -0.25) is 4.79 Å². The van der Waals surface area contributed by atoms with Crippen LogP contribution in [0.3, 0.4) is 0 Å². The molecule has 1 aromatic rings. The van der Waals surface area contributed by atoms with Crippen molar-refractivity contribution in [3.8, 4) is 0 Å². The number of nitrogens with zero attached hydrogens (tertiary/aromatic N) is 1. The molecule has 1 N–H and O–H groups in total. The first-order valence-corrected chi connectivity index (χ1v) is 8.03. The first kappa shape index (κ1) is 14.3. The van der Waals surface area contributed by atoms with Crippen LogP contribution in [-0.2, 0) is 4.74 Å². The first-order valence-electron chi connectivity index (χ1n) is 6.06. The van der Waals surface area contributed by atoms with Gasteiger partial charge in [0, 0.05) is 13.0 Å². The Kier molecular flexibility index (Phi) is 4.81. The van der Waals surface area contributed by atoms with Gasteiger partial charge in [-0.15, -0.1) is 0 Å². The van der Waals surface area contributed by atoms with Gasteiger partial charge in [0.2, 0.25) is 0 Å². The second-order valence-corrected chi connectivity index (χ2v) is 6.50. The number of ketones is 1. The van der Waals surface area contributed by atoms with Crippen LogP contribution in [0.1, 0.15) is 39.9 Å². The topological polar surface area (TPSA) is 68.3 Å². The van der Waals surface area contributed by atoms with E-state index < -0.39 is 5.97 Å². The van der Waals surface area contributed by atoms with Crippen molar-refractivity contribution >= 4 is 40.0 Å². The van der Waals surface area contributed by atoms with Gasteiger partial charge >= 0.3 is 5.97 Å². The molecule has 1 fully saturated rings. The van der Waals surface area contributed by atoms with Crippen LogP contribution in [0.15, 0.2) is 0 Å². The van der Waals surface area contributed by atoms with Crippen molar-refractivity contribution in [3.63, 3.8) is 0 Å². The van der Waals surface area contributed by atoms with Crippen molar-refractivity contribution in [2.24, 2.45) is 0 Å². The Hall–Kier alpha value is -1.08. The molecule has 2 heterocycles. The van der Waals surface area contributed by atoms with Gasteiger partial charge in [-0.25, -0.2) is 9.78 Å². The van der Waals surface area contributed by atoms with Crippen molar-refractivity contribution in [2.45, 2.75) is 25.8 Å². The zero-order chi connectivity index (χ0) is 13.8. The monoisotopic (exact) mass is 300 g/mol. The predicted molar refractivity (Wildman–Crippen MR) is 77.4 cm³/mol. The van der Waals surface area contributed by atoms with E-state index in [-0.39, 0.29) is 11.5 Å². The van der Waals surface area contributed by atoms with Gasteiger partial charge < -0.3 is 10.1 Å². The van der Waals surface area contributed by atoms with E-state index in [1.807, 2.05) is 11.8 Å². The highest BCUT2D eigenvalue weighted by Gasteiger charge is 2.23. The van der Waals surface area contributed by atoms with Gasteiger partial charge in [0.15, 0.2) is 16.6 Å². The molecule has 7 heteroatoms. The number of ether oxygens (including phenoxy) is 1. The average molecular weight is 300 g/mol. The molecule has 1 aliphatic rings. The molecular weight excluding hydrogens is 284 g/mol. The number of carbonyl (C=O) groups excluding carboxylic acids is 2. The van der Waals surface area contributed by atoms with E-state index >= 15 is 0 Å². The molecule has 1 aliphatic heterocycles. The fraction of sp³-hybridized carbons (Fsp3) is 0.583. The number of hydrogen-bond acceptors (Lipinski definition) is 7. The highest BCUT2D eigenvalue weighted by molar-refractivity contribution is 7.99. The average Bonchev–Trinajstić information content (AvgIpc) is 2.83. The maximum Gasteiger partial charge on any atom is 0.358 e. The number of aromatic nitrogens is 1. The molecule has 0 spiro atoms. The molecule has 104 valence electrons. The summed E-state index contributed by atoms with van der Waals surface area (Å²) in [4.78, 5) is 27.7. The molecule has 5 nitrogen and oxygen atoms in total. The predicted octanol–water partition coefficient (Wildman–Crippen LogP) is 2.44. The standard InChI is InChI=1S/C12H16N2O3S2/c1-7(15)10-9(11(16)17-2)14-12(19-10)13-8-3-5-18-6-4-8/h8H,3-6H2,1-2H3,(H,13,14). The molecule has 1 saturated heterocycles. The Labute approximate surface area is 120 Å². The summed E-state index contributed by atoms with van der Waals surface area (Å²) in [6.45, 7) is 1.43. The molecule has 0 aliphatic carbocycles. The van der Waals surface area contributed by atoms with Crippen LogP contribution in [0.2, 0.25) is 0 Å². The van der Waals surface area contributed by atoms with E-state index in [0.717, 1.165) is 24.3 Å². The molecule has 0 bridgehead atoms. The zero-order valence-corrected chi connectivity index (χ0v) is 12.5. The van der Waals surface area contributed by atoms with Crippen LogP contribution >= 0.6 is 23.1 Å². The fourth-order valence-electron chi connectivity index (χ4n) is 1.87. The maximum atomic E-state index is 11.6. The Morgan fingerprint density at radius 1 is 1.37 bits per heavy atom. The number of rotatable bonds is 4. The number of hydrogen-bond donors (Lipinski definition) is 1. The molecule has 19 heavy (non-hydrogen) atoms. The molecule has 2 rings (SSSR count). The third-order valence-electron chi connectivity index (χ3n) is 2.87. The van der Waals surface area contributed by atoms with E-state index in [0.29, 0.717) is 16.1 Å². The molecule has 0 unspecified atom stereocenters. The molecule has 0 aromatic carbocycles. The second kappa shape index (κ2) is 6.38. The first-order chi connectivity index (χ1) is 9.11. The van der Waals surface area contributed by atoms with Crippen molar-refractivity contribution in [1.29, 1.82) is 0 Å². The fourth-order valence-corrected chi connectivity index (χ4v) is 3.90. The van der Waals surface area contributed by atoms with Crippen LogP contribution in [0.5, 0.6) is 0 Å². The van der Waals surface area contributed by atoms with Crippen LogP contribution < -0.4 is 5.32 Å². The van der Waals surface area contributed by atoms with Crippen LogP contribution in [0, 0.1) is 0 Å². The van der Waals surface area contributed by atoms with E-state index in [4.69, 9.17) is 0 Å². The van der Waals surface area contributed by atoms with Crippen molar-refractivity contribution in [1.82, 2.24) is 4.98 Å². The number of thioether (sulfide) groups is 1. The lowest BCUT2D eigenvalue weighted by molar-refractivity contribution is 0.0591. The number of nitrogens with one attached hydrogen (secondary N) is 1. The Morgan fingerprint density at radius 3 is 2.63 bits per heavy atom.